The van der Waals surface area contributed by atoms with Gasteiger partial charge in [-0.1, -0.05) is 15.9 Å². The lowest BCUT2D eigenvalue weighted by molar-refractivity contribution is 0.226. The Bertz CT molecular complexity index is 373. The number of aliphatic hydroxyl groups is 1. The molecular formula is C12H15BrO3S. The molecular weight excluding hydrogens is 304 g/mol. The number of alkyl halides is 1. The number of fused-ring (bicyclic) bond motifs is 1. The van der Waals surface area contributed by atoms with Crippen molar-refractivity contribution in [3.05, 3.63) is 18.2 Å². The van der Waals surface area contributed by atoms with Crippen LogP contribution in [0.4, 0.5) is 0 Å². The Hall–Kier alpha value is -0.390. The lowest BCUT2D eigenvalue weighted by Crippen LogP contribution is -2.10. The molecule has 0 spiro atoms. The average molecular weight is 319 g/mol. The summed E-state index contributed by atoms with van der Waals surface area (Å²) in [7, 11) is 0. The molecule has 0 radical (unpaired) electrons. The quantitative estimate of drug-likeness (QED) is 0.684. The summed E-state index contributed by atoms with van der Waals surface area (Å²) in [6.45, 7) is 1.41. The fourth-order valence-electron chi connectivity index (χ4n) is 1.47. The largest absolute Gasteiger partial charge is 0.490 e. The number of halogens is 1. The molecule has 0 amide bonds. The SMILES string of the molecule is OC(CBr)CSc1ccc2c(c1)OCCCO2. The van der Waals surface area contributed by atoms with Crippen LogP contribution in [0.15, 0.2) is 23.1 Å². The molecule has 1 aliphatic heterocycles. The minimum absolute atomic E-state index is 0.323. The maximum atomic E-state index is 9.48. The molecule has 0 saturated carbocycles. The third-order valence-electron chi connectivity index (χ3n) is 2.34. The molecule has 1 atom stereocenters. The smallest absolute Gasteiger partial charge is 0.162 e. The Morgan fingerprint density at radius 3 is 2.82 bits per heavy atom. The lowest BCUT2D eigenvalue weighted by atomic mass is 10.3. The Morgan fingerprint density at radius 2 is 2.06 bits per heavy atom. The number of hydrogen-bond donors (Lipinski definition) is 1. The second-order valence-corrected chi connectivity index (χ2v) is 5.52. The van der Waals surface area contributed by atoms with Gasteiger partial charge in [0.1, 0.15) is 0 Å². The van der Waals surface area contributed by atoms with E-state index in [1.54, 1.807) is 11.8 Å². The minimum Gasteiger partial charge on any atom is -0.490 e. The highest BCUT2D eigenvalue weighted by Crippen LogP contribution is 2.34. The van der Waals surface area contributed by atoms with Gasteiger partial charge in [-0.2, -0.15) is 0 Å². The Kier molecular flexibility index (Phi) is 5.00. The van der Waals surface area contributed by atoms with Crippen molar-refractivity contribution < 1.29 is 14.6 Å². The van der Waals surface area contributed by atoms with Crippen LogP contribution in [0.2, 0.25) is 0 Å². The van der Waals surface area contributed by atoms with E-state index in [9.17, 15) is 5.11 Å². The van der Waals surface area contributed by atoms with E-state index in [4.69, 9.17) is 9.47 Å². The summed E-state index contributed by atoms with van der Waals surface area (Å²) in [5.74, 6) is 2.29. The minimum atomic E-state index is -0.323. The van der Waals surface area contributed by atoms with Crippen LogP contribution in [-0.2, 0) is 0 Å². The van der Waals surface area contributed by atoms with Crippen molar-refractivity contribution in [1.29, 1.82) is 0 Å². The van der Waals surface area contributed by atoms with Gasteiger partial charge in [0.05, 0.1) is 19.3 Å². The topological polar surface area (TPSA) is 38.7 Å². The number of rotatable bonds is 4. The van der Waals surface area contributed by atoms with Crippen molar-refractivity contribution >= 4 is 27.7 Å². The van der Waals surface area contributed by atoms with Crippen molar-refractivity contribution in [3.63, 3.8) is 0 Å². The normalized spacial score (nSPS) is 16.4. The molecule has 1 aromatic carbocycles. The summed E-state index contributed by atoms with van der Waals surface area (Å²) in [6.07, 6.45) is 0.593. The first-order valence-electron chi connectivity index (χ1n) is 5.56. The van der Waals surface area contributed by atoms with Gasteiger partial charge >= 0.3 is 0 Å². The van der Waals surface area contributed by atoms with Crippen molar-refractivity contribution in [2.24, 2.45) is 0 Å². The molecule has 0 bridgehead atoms. The number of hydrogen-bond acceptors (Lipinski definition) is 4. The highest BCUT2D eigenvalue weighted by atomic mass is 79.9. The van der Waals surface area contributed by atoms with E-state index in [1.807, 2.05) is 18.2 Å². The molecule has 1 unspecified atom stereocenters. The summed E-state index contributed by atoms with van der Waals surface area (Å²) in [5, 5.41) is 10.1. The Morgan fingerprint density at radius 1 is 1.29 bits per heavy atom. The molecule has 94 valence electrons. The third-order valence-corrected chi connectivity index (χ3v) is 4.23. The number of ether oxygens (including phenoxy) is 2. The average Bonchev–Trinajstić information content (AvgIpc) is 2.60. The van der Waals surface area contributed by atoms with Crippen LogP contribution in [0.1, 0.15) is 6.42 Å². The van der Waals surface area contributed by atoms with Gasteiger partial charge in [0.25, 0.3) is 0 Å². The van der Waals surface area contributed by atoms with Crippen LogP contribution in [0.5, 0.6) is 11.5 Å². The van der Waals surface area contributed by atoms with Gasteiger partial charge in [-0.05, 0) is 18.2 Å². The number of aliphatic hydroxyl groups excluding tert-OH is 1. The first-order valence-corrected chi connectivity index (χ1v) is 7.67. The van der Waals surface area contributed by atoms with E-state index >= 15 is 0 Å². The van der Waals surface area contributed by atoms with Crippen molar-refractivity contribution in [1.82, 2.24) is 0 Å². The summed E-state index contributed by atoms with van der Waals surface area (Å²) in [6, 6.07) is 5.91. The molecule has 0 fully saturated rings. The van der Waals surface area contributed by atoms with E-state index in [-0.39, 0.29) is 6.10 Å². The van der Waals surface area contributed by atoms with E-state index in [0.29, 0.717) is 24.3 Å². The summed E-state index contributed by atoms with van der Waals surface area (Å²) < 4.78 is 11.2. The van der Waals surface area contributed by atoms with Crippen LogP contribution in [0, 0.1) is 0 Å². The number of benzene rings is 1. The first kappa shape index (κ1) is 13.1. The van der Waals surface area contributed by atoms with Crippen LogP contribution < -0.4 is 9.47 Å². The Balaban J connectivity index is 2.02. The van der Waals surface area contributed by atoms with E-state index < -0.39 is 0 Å². The fraction of sp³-hybridized carbons (Fsp3) is 0.500. The predicted octanol–water partition coefficient (Wildman–Crippen LogP) is 2.70. The van der Waals surface area contributed by atoms with E-state index in [1.165, 1.54) is 0 Å². The van der Waals surface area contributed by atoms with Crippen molar-refractivity contribution in [2.45, 2.75) is 17.4 Å². The highest BCUT2D eigenvalue weighted by Gasteiger charge is 2.11. The highest BCUT2D eigenvalue weighted by molar-refractivity contribution is 9.09. The van der Waals surface area contributed by atoms with E-state index in [0.717, 1.165) is 22.8 Å². The van der Waals surface area contributed by atoms with Crippen molar-refractivity contribution in [2.75, 3.05) is 24.3 Å². The van der Waals surface area contributed by atoms with Gasteiger partial charge in [-0.3, -0.25) is 0 Å². The van der Waals surface area contributed by atoms with Crippen LogP contribution >= 0.6 is 27.7 Å². The summed E-state index contributed by atoms with van der Waals surface area (Å²) in [5.41, 5.74) is 0. The van der Waals surface area contributed by atoms with Crippen LogP contribution in [0.25, 0.3) is 0 Å². The van der Waals surface area contributed by atoms with E-state index in [2.05, 4.69) is 15.9 Å². The third kappa shape index (κ3) is 3.79. The van der Waals surface area contributed by atoms with Gasteiger partial charge in [-0.15, -0.1) is 11.8 Å². The zero-order valence-corrected chi connectivity index (χ0v) is 11.8. The summed E-state index contributed by atoms with van der Waals surface area (Å²) in [4.78, 5) is 1.09. The monoisotopic (exact) mass is 318 g/mol. The maximum Gasteiger partial charge on any atom is 0.162 e. The fourth-order valence-corrected chi connectivity index (χ4v) is 2.86. The molecule has 5 heteroatoms. The Labute approximate surface area is 114 Å². The molecule has 1 N–H and O–H groups in total. The molecule has 1 aromatic rings. The second-order valence-electron chi connectivity index (χ2n) is 3.78. The van der Waals surface area contributed by atoms with Gasteiger partial charge in [0.2, 0.25) is 0 Å². The maximum absolute atomic E-state index is 9.48. The molecule has 0 saturated heterocycles. The zero-order chi connectivity index (χ0) is 12.1. The standard InChI is InChI=1S/C12H15BrO3S/c13-7-9(14)8-17-10-2-3-11-12(6-10)16-5-1-4-15-11/h2-3,6,9,14H,1,4-5,7-8H2. The molecule has 3 nitrogen and oxygen atoms in total. The summed E-state index contributed by atoms with van der Waals surface area (Å²) >= 11 is 4.87. The molecule has 0 aliphatic carbocycles. The molecule has 17 heavy (non-hydrogen) atoms. The lowest BCUT2D eigenvalue weighted by Gasteiger charge is -2.10. The van der Waals surface area contributed by atoms with Gasteiger partial charge in [0.15, 0.2) is 11.5 Å². The molecule has 0 aromatic heterocycles. The molecule has 1 aliphatic rings. The van der Waals surface area contributed by atoms with Crippen LogP contribution in [0.3, 0.4) is 0 Å². The zero-order valence-electron chi connectivity index (χ0n) is 9.39. The first-order chi connectivity index (χ1) is 8.29. The second kappa shape index (κ2) is 6.52. The van der Waals surface area contributed by atoms with Gasteiger partial charge in [-0.25, -0.2) is 0 Å². The van der Waals surface area contributed by atoms with Crippen LogP contribution in [-0.4, -0.2) is 35.5 Å². The van der Waals surface area contributed by atoms with Gasteiger partial charge in [0, 0.05) is 22.4 Å². The van der Waals surface area contributed by atoms with Gasteiger partial charge < -0.3 is 14.6 Å². The molecule has 1 heterocycles. The number of thioether (sulfide) groups is 1. The van der Waals surface area contributed by atoms with Crippen molar-refractivity contribution in [3.8, 4) is 11.5 Å². The molecule has 2 rings (SSSR count). The predicted molar refractivity (Wildman–Crippen MR) is 72.6 cm³/mol.